The van der Waals surface area contributed by atoms with Gasteiger partial charge in [0.25, 0.3) is 5.91 Å². The first-order chi connectivity index (χ1) is 13.5. The third-order valence-corrected chi connectivity index (χ3v) is 4.51. The fraction of sp³-hybridized carbons (Fsp3) is 0.333. The van der Waals surface area contributed by atoms with Crippen molar-refractivity contribution >= 4 is 23.3 Å². The van der Waals surface area contributed by atoms with Crippen molar-refractivity contribution in [2.75, 3.05) is 25.0 Å². The standard InChI is InChI=1S/C21H23N3O4/c1-15-14-24(11-12-28-15)21(27)16-4-6-18(7-5-16)23-20(26)9-8-19(25)17-3-2-10-22-13-17/h2-7,10,13,15H,8-9,11-12,14H2,1H3,(H,23,26). The van der Waals surface area contributed by atoms with Gasteiger partial charge in [-0.1, -0.05) is 0 Å². The quantitative estimate of drug-likeness (QED) is 0.777. The second-order valence-electron chi connectivity index (χ2n) is 6.72. The minimum atomic E-state index is -0.252. The van der Waals surface area contributed by atoms with Crippen LogP contribution >= 0.6 is 0 Å². The Kier molecular flexibility index (Phi) is 6.49. The molecule has 1 aliphatic heterocycles. The van der Waals surface area contributed by atoms with E-state index in [4.69, 9.17) is 4.74 Å². The Balaban J connectivity index is 1.50. The molecular weight excluding hydrogens is 358 g/mol. The molecule has 1 fully saturated rings. The number of anilines is 1. The fourth-order valence-electron chi connectivity index (χ4n) is 3.00. The smallest absolute Gasteiger partial charge is 0.254 e. The Morgan fingerprint density at radius 1 is 1.14 bits per heavy atom. The molecule has 2 heterocycles. The van der Waals surface area contributed by atoms with E-state index in [2.05, 4.69) is 10.3 Å². The normalized spacial score (nSPS) is 16.5. The van der Waals surface area contributed by atoms with E-state index in [0.29, 0.717) is 36.5 Å². The summed E-state index contributed by atoms with van der Waals surface area (Å²) in [4.78, 5) is 42.3. The van der Waals surface area contributed by atoms with Crippen LogP contribution in [-0.2, 0) is 9.53 Å². The van der Waals surface area contributed by atoms with E-state index in [1.165, 1.54) is 6.20 Å². The average Bonchev–Trinajstić information content (AvgIpc) is 2.72. The molecule has 1 aliphatic rings. The molecule has 0 radical (unpaired) electrons. The Bertz CT molecular complexity index is 836. The molecule has 1 aromatic carbocycles. The number of carbonyl (C=O) groups excluding carboxylic acids is 3. The van der Waals surface area contributed by atoms with Gasteiger partial charge >= 0.3 is 0 Å². The Morgan fingerprint density at radius 2 is 1.93 bits per heavy atom. The molecule has 1 N–H and O–H groups in total. The van der Waals surface area contributed by atoms with Crippen molar-refractivity contribution in [1.82, 2.24) is 9.88 Å². The van der Waals surface area contributed by atoms with Crippen LogP contribution in [0.5, 0.6) is 0 Å². The lowest BCUT2D eigenvalue weighted by Gasteiger charge is -2.31. The van der Waals surface area contributed by atoms with Gasteiger partial charge < -0.3 is 15.0 Å². The number of carbonyl (C=O) groups is 3. The Labute approximate surface area is 163 Å². The van der Waals surface area contributed by atoms with E-state index in [1.807, 2.05) is 6.92 Å². The number of Topliss-reactive ketones (excluding diaryl/α,β-unsaturated/α-hetero) is 1. The number of ketones is 1. The molecule has 1 aromatic heterocycles. The van der Waals surface area contributed by atoms with Crippen molar-refractivity contribution in [2.24, 2.45) is 0 Å². The predicted octanol–water partition coefficient (Wildman–Crippen LogP) is 2.54. The summed E-state index contributed by atoms with van der Waals surface area (Å²) < 4.78 is 5.46. The van der Waals surface area contributed by atoms with Crippen LogP contribution in [0.25, 0.3) is 0 Å². The molecule has 1 atom stereocenters. The molecule has 0 saturated carbocycles. The molecule has 28 heavy (non-hydrogen) atoms. The first kappa shape index (κ1) is 19.7. The maximum Gasteiger partial charge on any atom is 0.254 e. The minimum Gasteiger partial charge on any atom is -0.375 e. The molecule has 2 aromatic rings. The summed E-state index contributed by atoms with van der Waals surface area (Å²) in [5.74, 6) is -0.419. The van der Waals surface area contributed by atoms with E-state index in [1.54, 1.807) is 47.5 Å². The number of pyridine rings is 1. The second kappa shape index (κ2) is 9.23. The van der Waals surface area contributed by atoms with Crippen LogP contribution < -0.4 is 5.32 Å². The molecule has 146 valence electrons. The van der Waals surface area contributed by atoms with Gasteiger partial charge in [0.2, 0.25) is 5.91 Å². The molecule has 7 heteroatoms. The monoisotopic (exact) mass is 381 g/mol. The first-order valence-corrected chi connectivity index (χ1v) is 9.27. The number of nitrogens with zero attached hydrogens (tertiary/aromatic N) is 2. The van der Waals surface area contributed by atoms with Gasteiger partial charge in [-0.3, -0.25) is 19.4 Å². The van der Waals surface area contributed by atoms with Gasteiger partial charge in [0.15, 0.2) is 5.78 Å². The molecule has 7 nitrogen and oxygen atoms in total. The van der Waals surface area contributed by atoms with Gasteiger partial charge in [0, 0.05) is 55.1 Å². The zero-order valence-corrected chi connectivity index (χ0v) is 15.8. The number of ether oxygens (including phenoxy) is 1. The number of hydrogen-bond acceptors (Lipinski definition) is 5. The van der Waals surface area contributed by atoms with Crippen molar-refractivity contribution in [1.29, 1.82) is 0 Å². The molecule has 1 unspecified atom stereocenters. The average molecular weight is 381 g/mol. The molecule has 0 bridgehead atoms. The maximum absolute atomic E-state index is 12.5. The third kappa shape index (κ3) is 5.23. The number of rotatable bonds is 6. The van der Waals surface area contributed by atoms with Crippen molar-refractivity contribution in [2.45, 2.75) is 25.9 Å². The molecule has 0 aliphatic carbocycles. The van der Waals surface area contributed by atoms with Gasteiger partial charge in [-0.15, -0.1) is 0 Å². The van der Waals surface area contributed by atoms with Crippen LogP contribution in [0.4, 0.5) is 5.69 Å². The first-order valence-electron chi connectivity index (χ1n) is 9.27. The third-order valence-electron chi connectivity index (χ3n) is 4.51. The predicted molar refractivity (Wildman–Crippen MR) is 104 cm³/mol. The van der Waals surface area contributed by atoms with Gasteiger partial charge in [0.1, 0.15) is 0 Å². The SMILES string of the molecule is CC1CN(C(=O)c2ccc(NC(=O)CCC(=O)c3cccnc3)cc2)CCO1. The Hall–Kier alpha value is -3.06. The summed E-state index contributed by atoms with van der Waals surface area (Å²) in [6.45, 7) is 3.63. The van der Waals surface area contributed by atoms with E-state index in [0.717, 1.165) is 0 Å². The van der Waals surface area contributed by atoms with Crippen LogP contribution in [-0.4, -0.2) is 53.3 Å². The zero-order valence-electron chi connectivity index (χ0n) is 15.8. The summed E-state index contributed by atoms with van der Waals surface area (Å²) >= 11 is 0. The molecule has 0 spiro atoms. The number of benzene rings is 1. The maximum atomic E-state index is 12.5. The Morgan fingerprint density at radius 3 is 2.61 bits per heavy atom. The molecule has 2 amide bonds. The van der Waals surface area contributed by atoms with E-state index < -0.39 is 0 Å². The van der Waals surface area contributed by atoms with Crippen LogP contribution in [0.3, 0.4) is 0 Å². The fourth-order valence-corrected chi connectivity index (χ4v) is 3.00. The van der Waals surface area contributed by atoms with Crippen LogP contribution in [0, 0.1) is 0 Å². The number of hydrogen-bond donors (Lipinski definition) is 1. The lowest BCUT2D eigenvalue weighted by Crippen LogP contribution is -2.44. The highest BCUT2D eigenvalue weighted by Gasteiger charge is 2.22. The van der Waals surface area contributed by atoms with Crippen LogP contribution in [0.15, 0.2) is 48.8 Å². The zero-order chi connectivity index (χ0) is 19.9. The van der Waals surface area contributed by atoms with E-state index >= 15 is 0 Å². The van der Waals surface area contributed by atoms with Crippen molar-refractivity contribution in [3.63, 3.8) is 0 Å². The van der Waals surface area contributed by atoms with Crippen molar-refractivity contribution in [3.8, 4) is 0 Å². The number of morpholine rings is 1. The van der Waals surface area contributed by atoms with Crippen molar-refractivity contribution < 1.29 is 19.1 Å². The number of aromatic nitrogens is 1. The number of amides is 2. The topological polar surface area (TPSA) is 88.6 Å². The van der Waals surface area contributed by atoms with E-state index in [-0.39, 0.29) is 36.5 Å². The lowest BCUT2D eigenvalue weighted by molar-refractivity contribution is -0.116. The second-order valence-corrected chi connectivity index (χ2v) is 6.72. The van der Waals surface area contributed by atoms with Crippen LogP contribution in [0.2, 0.25) is 0 Å². The molecule has 3 rings (SSSR count). The minimum absolute atomic E-state index is 0.0330. The summed E-state index contributed by atoms with van der Waals surface area (Å²) in [5, 5.41) is 2.75. The highest BCUT2D eigenvalue weighted by Crippen LogP contribution is 2.15. The van der Waals surface area contributed by atoms with Gasteiger partial charge in [0.05, 0.1) is 12.7 Å². The summed E-state index contributed by atoms with van der Waals surface area (Å²) in [6.07, 6.45) is 3.32. The van der Waals surface area contributed by atoms with E-state index in [9.17, 15) is 14.4 Å². The van der Waals surface area contributed by atoms with Gasteiger partial charge in [-0.2, -0.15) is 0 Å². The van der Waals surface area contributed by atoms with Crippen molar-refractivity contribution in [3.05, 3.63) is 59.9 Å². The number of nitrogens with one attached hydrogen (secondary N) is 1. The van der Waals surface area contributed by atoms with Crippen LogP contribution in [0.1, 0.15) is 40.5 Å². The highest BCUT2D eigenvalue weighted by atomic mass is 16.5. The largest absolute Gasteiger partial charge is 0.375 e. The highest BCUT2D eigenvalue weighted by molar-refractivity contribution is 6.00. The molecular formula is C21H23N3O4. The molecule has 1 saturated heterocycles. The van der Waals surface area contributed by atoms with Gasteiger partial charge in [-0.05, 0) is 43.3 Å². The lowest BCUT2D eigenvalue weighted by atomic mass is 10.1. The van der Waals surface area contributed by atoms with Gasteiger partial charge in [-0.25, -0.2) is 0 Å². The summed E-state index contributed by atoms with van der Waals surface area (Å²) in [5.41, 5.74) is 1.65. The summed E-state index contributed by atoms with van der Waals surface area (Å²) in [6, 6.07) is 10.1. The summed E-state index contributed by atoms with van der Waals surface area (Å²) in [7, 11) is 0.